The first-order chi connectivity index (χ1) is 5.36. The van der Waals surface area contributed by atoms with Crippen LogP contribution >= 0.6 is 0 Å². The van der Waals surface area contributed by atoms with Crippen molar-refractivity contribution < 1.29 is 0 Å². The van der Waals surface area contributed by atoms with Crippen LogP contribution in [0.15, 0.2) is 12.4 Å². The summed E-state index contributed by atoms with van der Waals surface area (Å²) < 4.78 is 0. The number of hydrogen-bond donors (Lipinski definition) is 2. The van der Waals surface area contributed by atoms with Crippen molar-refractivity contribution in [3.8, 4) is 0 Å². The summed E-state index contributed by atoms with van der Waals surface area (Å²) in [6, 6.07) is 1.10. The van der Waals surface area contributed by atoms with Gasteiger partial charge in [0.25, 0.3) is 0 Å². The van der Waals surface area contributed by atoms with Gasteiger partial charge in [0.1, 0.15) is 5.82 Å². The smallest absolute Gasteiger partial charge is 0.123 e. The third-order valence-electron chi connectivity index (χ3n) is 2.22. The van der Waals surface area contributed by atoms with Crippen molar-refractivity contribution in [2.75, 3.05) is 0 Å². The highest BCUT2D eigenvalue weighted by molar-refractivity contribution is 4.99. The van der Waals surface area contributed by atoms with E-state index in [0.717, 1.165) is 5.82 Å². The number of H-pyrrole nitrogens is 1. The van der Waals surface area contributed by atoms with E-state index in [2.05, 4.69) is 22.2 Å². The van der Waals surface area contributed by atoms with Gasteiger partial charge in [0, 0.05) is 18.4 Å². The minimum Gasteiger partial charge on any atom is -0.347 e. The van der Waals surface area contributed by atoms with Gasteiger partial charge >= 0.3 is 0 Å². The molecule has 1 aliphatic rings. The zero-order valence-corrected chi connectivity index (χ0v) is 6.67. The average molecular weight is 151 g/mol. The Hall–Kier alpha value is -0.830. The standard InChI is InChI=1S/C8H13N3/c1-6-2-3-7(11-6)8-9-4-5-10-8/h4-7,11H,2-3H2,1H3,(H,9,10)/t6-,7-/m0/s1. The zero-order valence-electron chi connectivity index (χ0n) is 6.67. The second kappa shape index (κ2) is 2.66. The molecule has 3 heteroatoms. The first-order valence-electron chi connectivity index (χ1n) is 4.11. The van der Waals surface area contributed by atoms with E-state index in [0.29, 0.717) is 12.1 Å². The molecule has 0 saturated carbocycles. The Kier molecular flexibility index (Phi) is 1.66. The van der Waals surface area contributed by atoms with Crippen molar-refractivity contribution in [1.82, 2.24) is 15.3 Å². The molecule has 1 saturated heterocycles. The van der Waals surface area contributed by atoms with Gasteiger partial charge in [-0.2, -0.15) is 0 Å². The third-order valence-corrected chi connectivity index (χ3v) is 2.22. The number of aromatic amines is 1. The summed E-state index contributed by atoms with van der Waals surface area (Å²) in [5.41, 5.74) is 0. The molecular weight excluding hydrogens is 138 g/mol. The minimum atomic E-state index is 0.458. The second-order valence-corrected chi connectivity index (χ2v) is 3.17. The summed E-state index contributed by atoms with van der Waals surface area (Å²) in [6.07, 6.45) is 6.14. The number of aromatic nitrogens is 2. The number of hydrogen-bond acceptors (Lipinski definition) is 2. The summed E-state index contributed by atoms with van der Waals surface area (Å²) in [4.78, 5) is 7.34. The fourth-order valence-electron chi connectivity index (χ4n) is 1.61. The van der Waals surface area contributed by atoms with Crippen molar-refractivity contribution >= 4 is 0 Å². The zero-order chi connectivity index (χ0) is 7.68. The van der Waals surface area contributed by atoms with Crippen LogP contribution in [0, 0.1) is 0 Å². The van der Waals surface area contributed by atoms with Gasteiger partial charge in [0.15, 0.2) is 0 Å². The Morgan fingerprint density at radius 1 is 1.55 bits per heavy atom. The lowest BCUT2D eigenvalue weighted by Gasteiger charge is -2.07. The molecule has 3 nitrogen and oxygen atoms in total. The van der Waals surface area contributed by atoms with Gasteiger partial charge in [-0.1, -0.05) is 0 Å². The van der Waals surface area contributed by atoms with Crippen molar-refractivity contribution in [3.63, 3.8) is 0 Å². The molecule has 2 rings (SSSR count). The Morgan fingerprint density at radius 3 is 3.00 bits per heavy atom. The molecule has 2 atom stereocenters. The fraction of sp³-hybridized carbons (Fsp3) is 0.625. The van der Waals surface area contributed by atoms with Crippen molar-refractivity contribution in [2.24, 2.45) is 0 Å². The first-order valence-corrected chi connectivity index (χ1v) is 4.11. The van der Waals surface area contributed by atoms with Crippen LogP contribution < -0.4 is 5.32 Å². The molecule has 0 bridgehead atoms. The molecule has 1 aromatic rings. The van der Waals surface area contributed by atoms with Gasteiger partial charge in [-0.05, 0) is 19.8 Å². The Balaban J connectivity index is 2.08. The number of nitrogens with zero attached hydrogens (tertiary/aromatic N) is 1. The maximum Gasteiger partial charge on any atom is 0.123 e. The summed E-state index contributed by atoms with van der Waals surface area (Å²) in [6.45, 7) is 2.21. The topological polar surface area (TPSA) is 40.7 Å². The largest absolute Gasteiger partial charge is 0.347 e. The Bertz CT molecular complexity index is 217. The molecule has 0 aliphatic carbocycles. The molecule has 0 spiro atoms. The van der Waals surface area contributed by atoms with E-state index >= 15 is 0 Å². The predicted molar refractivity (Wildman–Crippen MR) is 43.2 cm³/mol. The normalized spacial score (nSPS) is 31.0. The van der Waals surface area contributed by atoms with E-state index < -0.39 is 0 Å². The highest BCUT2D eigenvalue weighted by Gasteiger charge is 2.22. The quantitative estimate of drug-likeness (QED) is 0.633. The molecule has 2 N–H and O–H groups in total. The van der Waals surface area contributed by atoms with Gasteiger partial charge in [-0.15, -0.1) is 0 Å². The molecule has 0 aromatic carbocycles. The van der Waals surface area contributed by atoms with E-state index in [-0.39, 0.29) is 0 Å². The summed E-state index contributed by atoms with van der Waals surface area (Å²) in [5, 5.41) is 3.46. The molecule has 1 aromatic heterocycles. The SMILES string of the molecule is C[C@H]1CC[C@@H](c2ncc[nH]2)N1. The summed E-state index contributed by atoms with van der Waals surface area (Å²) >= 11 is 0. The molecule has 11 heavy (non-hydrogen) atoms. The second-order valence-electron chi connectivity index (χ2n) is 3.17. The van der Waals surface area contributed by atoms with E-state index in [1.165, 1.54) is 12.8 Å². The van der Waals surface area contributed by atoms with Gasteiger partial charge < -0.3 is 10.3 Å². The summed E-state index contributed by atoms with van der Waals surface area (Å²) in [5.74, 6) is 1.08. The fourth-order valence-corrected chi connectivity index (χ4v) is 1.61. The van der Waals surface area contributed by atoms with Crippen LogP contribution in [0.1, 0.15) is 31.6 Å². The molecular formula is C8H13N3. The lowest BCUT2D eigenvalue weighted by Crippen LogP contribution is -2.21. The Morgan fingerprint density at radius 2 is 2.45 bits per heavy atom. The molecule has 1 aliphatic heterocycles. The van der Waals surface area contributed by atoms with Crippen molar-refractivity contribution in [3.05, 3.63) is 18.2 Å². The van der Waals surface area contributed by atoms with Crippen molar-refractivity contribution in [1.29, 1.82) is 0 Å². The van der Waals surface area contributed by atoms with Gasteiger partial charge in [0.2, 0.25) is 0 Å². The first kappa shape index (κ1) is 6.85. The van der Waals surface area contributed by atoms with Crippen LogP contribution in [0.4, 0.5) is 0 Å². The van der Waals surface area contributed by atoms with Crippen LogP contribution in [0.25, 0.3) is 0 Å². The van der Waals surface area contributed by atoms with E-state index in [1.807, 2.05) is 6.20 Å². The van der Waals surface area contributed by atoms with Crippen LogP contribution in [-0.2, 0) is 0 Å². The maximum atomic E-state index is 4.21. The summed E-state index contributed by atoms with van der Waals surface area (Å²) in [7, 11) is 0. The average Bonchev–Trinajstić information content (AvgIpc) is 2.55. The van der Waals surface area contributed by atoms with E-state index in [9.17, 15) is 0 Å². The van der Waals surface area contributed by atoms with Crippen molar-refractivity contribution in [2.45, 2.75) is 31.8 Å². The Labute approximate surface area is 66.2 Å². The van der Waals surface area contributed by atoms with Crippen LogP contribution in [0.5, 0.6) is 0 Å². The molecule has 1 fully saturated rings. The van der Waals surface area contributed by atoms with E-state index in [4.69, 9.17) is 0 Å². The number of nitrogens with one attached hydrogen (secondary N) is 2. The maximum absolute atomic E-state index is 4.21. The lowest BCUT2D eigenvalue weighted by molar-refractivity contribution is 0.564. The monoisotopic (exact) mass is 151 g/mol. The molecule has 2 heterocycles. The van der Waals surface area contributed by atoms with Crippen LogP contribution in [0.2, 0.25) is 0 Å². The highest BCUT2D eigenvalue weighted by atomic mass is 15.0. The molecule has 0 unspecified atom stereocenters. The third kappa shape index (κ3) is 1.28. The molecule has 0 radical (unpaired) electrons. The predicted octanol–water partition coefficient (Wildman–Crippen LogP) is 1.22. The number of rotatable bonds is 1. The van der Waals surface area contributed by atoms with Gasteiger partial charge in [-0.3, -0.25) is 0 Å². The minimum absolute atomic E-state index is 0.458. The highest BCUT2D eigenvalue weighted by Crippen LogP contribution is 2.22. The van der Waals surface area contributed by atoms with E-state index in [1.54, 1.807) is 6.20 Å². The molecule has 0 amide bonds. The molecule has 60 valence electrons. The number of imidazole rings is 1. The lowest BCUT2D eigenvalue weighted by atomic mass is 10.2. The van der Waals surface area contributed by atoms with Crippen LogP contribution in [0.3, 0.4) is 0 Å². The van der Waals surface area contributed by atoms with Gasteiger partial charge in [0.05, 0.1) is 6.04 Å². The van der Waals surface area contributed by atoms with Crippen LogP contribution in [-0.4, -0.2) is 16.0 Å². The van der Waals surface area contributed by atoms with Gasteiger partial charge in [-0.25, -0.2) is 4.98 Å².